The summed E-state index contributed by atoms with van der Waals surface area (Å²) >= 11 is 0. The maximum atomic E-state index is 12.2. The zero-order valence-electron chi connectivity index (χ0n) is 14.6. The Morgan fingerprint density at radius 3 is 2.46 bits per heavy atom. The number of rotatable bonds is 6. The van der Waals surface area contributed by atoms with Crippen molar-refractivity contribution in [3.05, 3.63) is 101 Å². The van der Waals surface area contributed by atoms with Gasteiger partial charge in [-0.1, -0.05) is 60.2 Å². The molecule has 1 N–H and O–H groups in total. The smallest absolute Gasteiger partial charge is 0.189 e. The third-order valence-electron chi connectivity index (χ3n) is 3.97. The number of phenolic OH excluding ortho intramolecular Hbond substituents is 1. The highest BCUT2D eigenvalue weighted by Gasteiger charge is 2.08. The number of carbonyl (C=O) groups excluding carboxylic acids is 1. The summed E-state index contributed by atoms with van der Waals surface area (Å²) in [6.45, 7) is 2.40. The van der Waals surface area contributed by atoms with Gasteiger partial charge in [0.25, 0.3) is 0 Å². The summed E-state index contributed by atoms with van der Waals surface area (Å²) < 4.78 is 5.75. The minimum Gasteiger partial charge on any atom is -0.507 e. The van der Waals surface area contributed by atoms with E-state index in [9.17, 15) is 9.90 Å². The number of benzene rings is 3. The Morgan fingerprint density at radius 1 is 1.00 bits per heavy atom. The van der Waals surface area contributed by atoms with Crippen molar-refractivity contribution in [2.24, 2.45) is 0 Å². The number of carbonyl (C=O) groups is 1. The highest BCUT2D eigenvalue weighted by atomic mass is 16.5. The SMILES string of the molecule is Cc1ccc(O)c(C(=O)/C=C/c2ccc(OCc3ccccc3)cc2)c1. The quantitative estimate of drug-likeness (QED) is 0.495. The van der Waals surface area contributed by atoms with E-state index in [4.69, 9.17) is 4.74 Å². The molecule has 0 spiro atoms. The van der Waals surface area contributed by atoms with Crippen LogP contribution in [0.25, 0.3) is 6.08 Å². The van der Waals surface area contributed by atoms with Crippen molar-refractivity contribution in [3.63, 3.8) is 0 Å². The van der Waals surface area contributed by atoms with Gasteiger partial charge in [-0.05, 0) is 48.4 Å². The lowest BCUT2D eigenvalue weighted by Gasteiger charge is -2.06. The van der Waals surface area contributed by atoms with Gasteiger partial charge in [-0.15, -0.1) is 0 Å². The molecule has 0 amide bonds. The van der Waals surface area contributed by atoms with Crippen LogP contribution >= 0.6 is 0 Å². The van der Waals surface area contributed by atoms with Gasteiger partial charge in [0.2, 0.25) is 0 Å². The van der Waals surface area contributed by atoms with Crippen molar-refractivity contribution in [3.8, 4) is 11.5 Å². The van der Waals surface area contributed by atoms with Gasteiger partial charge in [0.1, 0.15) is 18.1 Å². The molecule has 0 unspecified atom stereocenters. The van der Waals surface area contributed by atoms with Crippen LogP contribution in [0, 0.1) is 6.92 Å². The Morgan fingerprint density at radius 2 is 1.73 bits per heavy atom. The summed E-state index contributed by atoms with van der Waals surface area (Å²) in [6.07, 6.45) is 3.19. The van der Waals surface area contributed by atoms with E-state index in [1.807, 2.05) is 61.5 Å². The van der Waals surface area contributed by atoms with E-state index in [0.29, 0.717) is 12.2 Å². The first kappa shape index (κ1) is 17.5. The monoisotopic (exact) mass is 344 g/mol. The lowest BCUT2D eigenvalue weighted by atomic mass is 10.1. The van der Waals surface area contributed by atoms with E-state index < -0.39 is 0 Å². The minimum atomic E-state index is -0.226. The molecule has 3 heteroatoms. The fourth-order valence-corrected chi connectivity index (χ4v) is 2.52. The van der Waals surface area contributed by atoms with Crippen molar-refractivity contribution < 1.29 is 14.6 Å². The number of hydrogen-bond acceptors (Lipinski definition) is 3. The number of ether oxygens (including phenoxy) is 1. The first-order valence-corrected chi connectivity index (χ1v) is 8.40. The number of aryl methyl sites for hydroxylation is 1. The standard InChI is InChI=1S/C23H20O3/c1-17-7-13-22(24)21(15-17)23(25)14-10-18-8-11-20(12-9-18)26-16-19-5-3-2-4-6-19/h2-15,24H,16H2,1H3/b14-10+. The van der Waals surface area contributed by atoms with Gasteiger partial charge in [-0.2, -0.15) is 0 Å². The van der Waals surface area contributed by atoms with Gasteiger partial charge < -0.3 is 9.84 Å². The van der Waals surface area contributed by atoms with Crippen LogP contribution in [-0.4, -0.2) is 10.9 Å². The largest absolute Gasteiger partial charge is 0.507 e. The zero-order chi connectivity index (χ0) is 18.4. The van der Waals surface area contributed by atoms with Crippen LogP contribution in [0.1, 0.15) is 27.0 Å². The average Bonchev–Trinajstić information content (AvgIpc) is 2.68. The van der Waals surface area contributed by atoms with Crippen LogP contribution in [0.2, 0.25) is 0 Å². The Bertz CT molecular complexity index is 910. The molecule has 0 heterocycles. The summed E-state index contributed by atoms with van der Waals surface area (Å²) in [5.41, 5.74) is 3.24. The molecule has 0 saturated carbocycles. The van der Waals surface area contributed by atoms with Crippen LogP contribution in [-0.2, 0) is 6.61 Å². The molecular weight excluding hydrogens is 324 g/mol. The maximum Gasteiger partial charge on any atom is 0.189 e. The molecule has 3 aromatic rings. The molecule has 3 rings (SSSR count). The van der Waals surface area contributed by atoms with Crippen LogP contribution in [0.5, 0.6) is 11.5 Å². The second-order valence-corrected chi connectivity index (χ2v) is 6.06. The number of aromatic hydroxyl groups is 1. The highest BCUT2D eigenvalue weighted by Crippen LogP contribution is 2.20. The molecule has 0 bridgehead atoms. The number of phenols is 1. The van der Waals surface area contributed by atoms with Crippen molar-refractivity contribution in [2.75, 3.05) is 0 Å². The second kappa shape index (κ2) is 8.17. The van der Waals surface area contributed by atoms with Gasteiger partial charge in [0, 0.05) is 0 Å². The van der Waals surface area contributed by atoms with Crippen LogP contribution in [0.4, 0.5) is 0 Å². The molecule has 3 nitrogen and oxygen atoms in total. The van der Waals surface area contributed by atoms with E-state index >= 15 is 0 Å². The predicted octanol–water partition coefficient (Wildman–Crippen LogP) is 5.18. The summed E-state index contributed by atoms with van der Waals surface area (Å²) in [5, 5.41) is 9.82. The first-order chi connectivity index (χ1) is 12.6. The Kier molecular flexibility index (Phi) is 5.49. The second-order valence-electron chi connectivity index (χ2n) is 6.06. The summed E-state index contributed by atoms with van der Waals surface area (Å²) in [5.74, 6) is 0.541. The Hall–Kier alpha value is -3.33. The molecule has 26 heavy (non-hydrogen) atoms. The average molecular weight is 344 g/mol. The lowest BCUT2D eigenvalue weighted by Crippen LogP contribution is -1.96. The fourth-order valence-electron chi connectivity index (χ4n) is 2.52. The van der Waals surface area contributed by atoms with Crippen molar-refractivity contribution >= 4 is 11.9 Å². The van der Waals surface area contributed by atoms with Crippen molar-refractivity contribution in [1.29, 1.82) is 0 Å². The summed E-state index contributed by atoms with van der Waals surface area (Å²) in [4.78, 5) is 12.2. The van der Waals surface area contributed by atoms with Gasteiger partial charge in [-0.25, -0.2) is 0 Å². The first-order valence-electron chi connectivity index (χ1n) is 8.40. The molecule has 0 saturated heterocycles. The fraction of sp³-hybridized carbons (Fsp3) is 0.0870. The molecule has 3 aromatic carbocycles. The molecule has 0 atom stereocenters. The van der Waals surface area contributed by atoms with Crippen LogP contribution < -0.4 is 4.74 Å². The van der Waals surface area contributed by atoms with E-state index in [1.165, 1.54) is 12.1 Å². The molecule has 0 aliphatic rings. The molecular formula is C23H20O3. The number of hydrogen-bond donors (Lipinski definition) is 1. The molecule has 130 valence electrons. The minimum absolute atomic E-state index is 0.00471. The third kappa shape index (κ3) is 4.61. The molecule has 0 aromatic heterocycles. The topological polar surface area (TPSA) is 46.5 Å². The third-order valence-corrected chi connectivity index (χ3v) is 3.97. The van der Waals surface area contributed by atoms with Gasteiger partial charge in [-0.3, -0.25) is 4.79 Å². The lowest BCUT2D eigenvalue weighted by molar-refractivity contribution is 0.104. The highest BCUT2D eigenvalue weighted by molar-refractivity contribution is 6.08. The van der Waals surface area contributed by atoms with E-state index in [0.717, 1.165) is 22.4 Å². The normalized spacial score (nSPS) is 10.8. The maximum absolute atomic E-state index is 12.2. The van der Waals surface area contributed by atoms with E-state index in [2.05, 4.69) is 0 Å². The number of allylic oxidation sites excluding steroid dienone is 1. The van der Waals surface area contributed by atoms with E-state index in [1.54, 1.807) is 18.2 Å². The summed E-state index contributed by atoms with van der Waals surface area (Å²) in [7, 11) is 0. The summed E-state index contributed by atoms with van der Waals surface area (Å²) in [6, 6.07) is 22.5. The predicted molar refractivity (Wildman–Crippen MR) is 103 cm³/mol. The Labute approximate surface area is 153 Å². The van der Waals surface area contributed by atoms with Gasteiger partial charge >= 0.3 is 0 Å². The molecule has 0 radical (unpaired) electrons. The van der Waals surface area contributed by atoms with Crippen molar-refractivity contribution in [1.82, 2.24) is 0 Å². The van der Waals surface area contributed by atoms with Crippen LogP contribution in [0.15, 0.2) is 78.9 Å². The number of ketones is 1. The van der Waals surface area contributed by atoms with Crippen molar-refractivity contribution in [2.45, 2.75) is 13.5 Å². The zero-order valence-corrected chi connectivity index (χ0v) is 14.6. The molecule has 0 aliphatic heterocycles. The van der Waals surface area contributed by atoms with Gasteiger partial charge in [0.05, 0.1) is 5.56 Å². The van der Waals surface area contributed by atoms with Gasteiger partial charge in [0.15, 0.2) is 5.78 Å². The molecule has 0 aliphatic carbocycles. The van der Waals surface area contributed by atoms with E-state index in [-0.39, 0.29) is 11.5 Å². The van der Waals surface area contributed by atoms with Crippen LogP contribution in [0.3, 0.4) is 0 Å². The molecule has 0 fully saturated rings. The Balaban J connectivity index is 1.62.